The average Bonchev–Trinajstić information content (AvgIpc) is 2.95. The van der Waals surface area contributed by atoms with Crippen molar-refractivity contribution < 1.29 is 4.42 Å². The van der Waals surface area contributed by atoms with Crippen LogP contribution in [0, 0.1) is 0 Å². The summed E-state index contributed by atoms with van der Waals surface area (Å²) in [4.78, 5) is 0. The number of hydrogen-bond acceptors (Lipinski definition) is 6. The van der Waals surface area contributed by atoms with Crippen LogP contribution in [0.2, 0.25) is 0 Å². The molecular formula is C9H13N5OS. The standard InChI is InChI=1S/C9H13N5OS/c1-2-14-5-7(4-11-14)6-16-9-13-12-8(3-10)15-9/h4-5H,2-3,6,10H2,1H3. The Labute approximate surface area is 97.2 Å². The summed E-state index contributed by atoms with van der Waals surface area (Å²) in [6.07, 6.45) is 3.85. The van der Waals surface area contributed by atoms with Gasteiger partial charge in [-0.1, -0.05) is 11.8 Å². The van der Waals surface area contributed by atoms with E-state index in [1.165, 1.54) is 11.8 Å². The van der Waals surface area contributed by atoms with Gasteiger partial charge < -0.3 is 10.2 Å². The first-order valence-electron chi connectivity index (χ1n) is 4.98. The van der Waals surface area contributed by atoms with Gasteiger partial charge in [-0.3, -0.25) is 4.68 Å². The summed E-state index contributed by atoms with van der Waals surface area (Å²) in [6, 6.07) is 0. The Hall–Kier alpha value is -1.34. The van der Waals surface area contributed by atoms with E-state index in [1.54, 1.807) is 0 Å². The third-order valence-corrected chi connectivity index (χ3v) is 2.89. The second-order valence-electron chi connectivity index (χ2n) is 3.16. The molecule has 0 saturated carbocycles. The fourth-order valence-corrected chi connectivity index (χ4v) is 1.87. The van der Waals surface area contributed by atoms with Crippen molar-refractivity contribution >= 4 is 11.8 Å². The van der Waals surface area contributed by atoms with Gasteiger partial charge in [-0.25, -0.2) is 0 Å². The lowest BCUT2D eigenvalue weighted by atomic mass is 10.4. The van der Waals surface area contributed by atoms with Gasteiger partial charge in [0.25, 0.3) is 5.22 Å². The van der Waals surface area contributed by atoms with Gasteiger partial charge in [0.1, 0.15) is 0 Å². The van der Waals surface area contributed by atoms with Gasteiger partial charge in [-0.05, 0) is 6.92 Å². The van der Waals surface area contributed by atoms with Crippen LogP contribution in [0.15, 0.2) is 22.0 Å². The Morgan fingerprint density at radius 1 is 1.50 bits per heavy atom. The summed E-state index contributed by atoms with van der Waals surface area (Å²) in [5.74, 6) is 1.23. The largest absolute Gasteiger partial charge is 0.415 e. The van der Waals surface area contributed by atoms with E-state index in [1.807, 2.05) is 17.1 Å². The van der Waals surface area contributed by atoms with E-state index in [-0.39, 0.29) is 6.54 Å². The monoisotopic (exact) mass is 239 g/mol. The fourth-order valence-electron chi connectivity index (χ4n) is 1.18. The lowest BCUT2D eigenvalue weighted by molar-refractivity contribution is 0.415. The van der Waals surface area contributed by atoms with Gasteiger partial charge in [0.15, 0.2) is 0 Å². The summed E-state index contributed by atoms with van der Waals surface area (Å²) < 4.78 is 7.16. The molecule has 86 valence electrons. The van der Waals surface area contributed by atoms with Crippen molar-refractivity contribution in [2.24, 2.45) is 5.73 Å². The van der Waals surface area contributed by atoms with E-state index >= 15 is 0 Å². The van der Waals surface area contributed by atoms with E-state index in [0.29, 0.717) is 11.1 Å². The molecule has 0 aliphatic heterocycles. The molecule has 0 radical (unpaired) electrons. The molecule has 7 heteroatoms. The Balaban J connectivity index is 1.91. The zero-order valence-corrected chi connectivity index (χ0v) is 9.78. The lowest BCUT2D eigenvalue weighted by Crippen LogP contribution is -1.95. The molecule has 2 heterocycles. The van der Waals surface area contributed by atoms with Crippen molar-refractivity contribution in [3.8, 4) is 0 Å². The molecule has 2 rings (SSSR count). The minimum Gasteiger partial charge on any atom is -0.415 e. The first-order valence-corrected chi connectivity index (χ1v) is 5.97. The molecule has 0 unspecified atom stereocenters. The molecule has 0 saturated heterocycles. The molecule has 0 aliphatic rings. The molecule has 0 fully saturated rings. The molecule has 2 aromatic heterocycles. The van der Waals surface area contributed by atoms with Crippen LogP contribution in [0.3, 0.4) is 0 Å². The van der Waals surface area contributed by atoms with Crippen molar-refractivity contribution in [1.82, 2.24) is 20.0 Å². The van der Waals surface area contributed by atoms with Crippen LogP contribution in [0.5, 0.6) is 0 Å². The number of nitrogens with two attached hydrogens (primary N) is 1. The number of nitrogens with zero attached hydrogens (tertiary/aromatic N) is 4. The average molecular weight is 239 g/mol. The first-order chi connectivity index (χ1) is 7.81. The molecule has 0 aliphatic carbocycles. The Morgan fingerprint density at radius 2 is 2.38 bits per heavy atom. The third-order valence-electron chi connectivity index (χ3n) is 2.00. The molecular weight excluding hydrogens is 226 g/mol. The van der Waals surface area contributed by atoms with Crippen LogP contribution in [0.4, 0.5) is 0 Å². The maximum absolute atomic E-state index is 5.37. The van der Waals surface area contributed by atoms with Gasteiger partial charge in [0, 0.05) is 24.1 Å². The molecule has 6 nitrogen and oxygen atoms in total. The smallest absolute Gasteiger partial charge is 0.276 e. The highest BCUT2D eigenvalue weighted by Crippen LogP contribution is 2.20. The first kappa shape index (κ1) is 11.2. The van der Waals surface area contributed by atoms with Crippen molar-refractivity contribution in [2.75, 3.05) is 0 Å². The van der Waals surface area contributed by atoms with Crippen molar-refractivity contribution in [3.05, 3.63) is 23.8 Å². The van der Waals surface area contributed by atoms with E-state index < -0.39 is 0 Å². The normalized spacial score (nSPS) is 10.9. The zero-order chi connectivity index (χ0) is 11.4. The van der Waals surface area contributed by atoms with Crippen molar-refractivity contribution in [3.63, 3.8) is 0 Å². The van der Waals surface area contributed by atoms with Crippen molar-refractivity contribution in [2.45, 2.75) is 31.0 Å². The highest BCUT2D eigenvalue weighted by atomic mass is 32.2. The van der Waals surface area contributed by atoms with E-state index in [2.05, 4.69) is 22.2 Å². The molecule has 2 N–H and O–H groups in total. The summed E-state index contributed by atoms with van der Waals surface area (Å²) in [6.45, 7) is 3.21. The van der Waals surface area contributed by atoms with Crippen LogP contribution >= 0.6 is 11.8 Å². The van der Waals surface area contributed by atoms with Crippen LogP contribution in [0.25, 0.3) is 0 Å². The summed E-state index contributed by atoms with van der Waals surface area (Å²) in [5.41, 5.74) is 6.51. The Kier molecular flexibility index (Phi) is 3.58. The molecule has 0 atom stereocenters. The van der Waals surface area contributed by atoms with Crippen molar-refractivity contribution in [1.29, 1.82) is 0 Å². The highest BCUT2D eigenvalue weighted by molar-refractivity contribution is 7.98. The number of hydrogen-bond donors (Lipinski definition) is 1. The Bertz CT molecular complexity index is 410. The fraction of sp³-hybridized carbons (Fsp3) is 0.444. The summed E-state index contributed by atoms with van der Waals surface area (Å²) in [5, 5.41) is 12.4. The number of aryl methyl sites for hydroxylation is 1. The second-order valence-corrected chi connectivity index (χ2v) is 4.09. The predicted octanol–water partition coefficient (Wildman–Crippen LogP) is 1.04. The highest BCUT2D eigenvalue weighted by Gasteiger charge is 2.06. The number of rotatable bonds is 5. The maximum atomic E-state index is 5.37. The van der Waals surface area contributed by atoms with Gasteiger partial charge in [0.05, 0.1) is 12.7 Å². The minimum absolute atomic E-state index is 0.279. The van der Waals surface area contributed by atoms with Crippen LogP contribution in [-0.4, -0.2) is 20.0 Å². The molecule has 2 aromatic rings. The van der Waals surface area contributed by atoms with E-state index in [4.69, 9.17) is 10.2 Å². The number of thioether (sulfide) groups is 1. The third kappa shape index (κ3) is 2.61. The van der Waals surface area contributed by atoms with E-state index in [0.717, 1.165) is 17.9 Å². The zero-order valence-electron chi connectivity index (χ0n) is 8.96. The van der Waals surface area contributed by atoms with Gasteiger partial charge in [-0.2, -0.15) is 5.10 Å². The SMILES string of the molecule is CCn1cc(CSc2nnc(CN)o2)cn1. The van der Waals surface area contributed by atoms with Gasteiger partial charge >= 0.3 is 0 Å². The molecule has 0 spiro atoms. The van der Waals surface area contributed by atoms with Crippen LogP contribution in [0.1, 0.15) is 18.4 Å². The molecule has 0 amide bonds. The summed E-state index contributed by atoms with van der Waals surface area (Å²) in [7, 11) is 0. The minimum atomic E-state index is 0.279. The van der Waals surface area contributed by atoms with Gasteiger partial charge in [0.2, 0.25) is 5.89 Å². The molecule has 16 heavy (non-hydrogen) atoms. The topological polar surface area (TPSA) is 82.8 Å². The Morgan fingerprint density at radius 3 is 3.00 bits per heavy atom. The molecule has 0 aromatic carbocycles. The molecule has 0 bridgehead atoms. The van der Waals surface area contributed by atoms with Crippen LogP contribution in [-0.2, 0) is 18.8 Å². The predicted molar refractivity (Wildman–Crippen MR) is 59.7 cm³/mol. The number of aromatic nitrogens is 4. The summed E-state index contributed by atoms with van der Waals surface area (Å²) >= 11 is 1.48. The van der Waals surface area contributed by atoms with Gasteiger partial charge in [-0.15, -0.1) is 10.2 Å². The second kappa shape index (κ2) is 5.13. The van der Waals surface area contributed by atoms with Crippen LogP contribution < -0.4 is 5.73 Å². The maximum Gasteiger partial charge on any atom is 0.276 e. The quantitative estimate of drug-likeness (QED) is 0.785. The van der Waals surface area contributed by atoms with E-state index in [9.17, 15) is 0 Å². The lowest BCUT2D eigenvalue weighted by Gasteiger charge is -1.92.